The molecule has 0 saturated carbocycles. The van der Waals surface area contributed by atoms with E-state index in [0.29, 0.717) is 10.9 Å². The van der Waals surface area contributed by atoms with Gasteiger partial charge in [-0.25, -0.2) is 8.78 Å². The molecule has 4 nitrogen and oxygen atoms in total. The van der Waals surface area contributed by atoms with Crippen LogP contribution in [-0.4, -0.2) is 4.92 Å². The van der Waals surface area contributed by atoms with Gasteiger partial charge >= 0.3 is 5.69 Å². The SMILES string of the molecule is O=[N+]([O-])c1cc(F)ccc1Oc1ccc(F)cc1CBr. The zero-order valence-corrected chi connectivity index (χ0v) is 11.6. The van der Waals surface area contributed by atoms with E-state index in [4.69, 9.17) is 4.74 Å². The van der Waals surface area contributed by atoms with Crippen molar-refractivity contribution in [2.24, 2.45) is 0 Å². The largest absolute Gasteiger partial charge is 0.450 e. The molecule has 0 fully saturated rings. The Hall–Kier alpha value is -2.02. The van der Waals surface area contributed by atoms with Crippen LogP contribution in [0.1, 0.15) is 5.56 Å². The highest BCUT2D eigenvalue weighted by molar-refractivity contribution is 9.08. The standard InChI is InChI=1S/C13H8BrF2NO3/c14-7-8-5-9(15)1-3-12(8)20-13-4-2-10(16)6-11(13)17(18)19/h1-6H,7H2. The third-order valence-electron chi connectivity index (χ3n) is 2.50. The van der Waals surface area contributed by atoms with Crippen LogP contribution in [0.4, 0.5) is 14.5 Å². The molecule has 104 valence electrons. The van der Waals surface area contributed by atoms with Crippen LogP contribution in [0.5, 0.6) is 11.5 Å². The van der Waals surface area contributed by atoms with Crippen molar-refractivity contribution < 1.29 is 18.4 Å². The highest BCUT2D eigenvalue weighted by atomic mass is 79.9. The molecule has 0 unspecified atom stereocenters. The van der Waals surface area contributed by atoms with Crippen LogP contribution in [0.15, 0.2) is 36.4 Å². The lowest BCUT2D eigenvalue weighted by molar-refractivity contribution is -0.385. The van der Waals surface area contributed by atoms with Gasteiger partial charge in [-0.2, -0.15) is 0 Å². The molecule has 0 N–H and O–H groups in total. The minimum Gasteiger partial charge on any atom is -0.450 e. The van der Waals surface area contributed by atoms with Crippen molar-refractivity contribution in [3.63, 3.8) is 0 Å². The number of halogens is 3. The van der Waals surface area contributed by atoms with Gasteiger partial charge in [0, 0.05) is 10.9 Å². The van der Waals surface area contributed by atoms with Crippen LogP contribution in [0, 0.1) is 21.7 Å². The summed E-state index contributed by atoms with van der Waals surface area (Å²) in [6, 6.07) is 6.77. The van der Waals surface area contributed by atoms with Crippen molar-refractivity contribution in [2.75, 3.05) is 0 Å². The molecule has 2 rings (SSSR count). The molecule has 20 heavy (non-hydrogen) atoms. The molecule has 0 aliphatic rings. The van der Waals surface area contributed by atoms with E-state index in [-0.39, 0.29) is 11.5 Å². The van der Waals surface area contributed by atoms with Crippen LogP contribution in [0.25, 0.3) is 0 Å². The van der Waals surface area contributed by atoms with E-state index in [9.17, 15) is 18.9 Å². The Bertz CT molecular complexity index is 664. The number of hydrogen-bond donors (Lipinski definition) is 0. The first kappa shape index (κ1) is 14.4. The Morgan fingerprint density at radius 1 is 1.10 bits per heavy atom. The van der Waals surface area contributed by atoms with E-state index in [1.54, 1.807) is 0 Å². The fraction of sp³-hybridized carbons (Fsp3) is 0.0769. The van der Waals surface area contributed by atoms with Gasteiger partial charge in [-0.1, -0.05) is 15.9 Å². The van der Waals surface area contributed by atoms with Crippen LogP contribution in [0.3, 0.4) is 0 Å². The van der Waals surface area contributed by atoms with Crippen LogP contribution in [0.2, 0.25) is 0 Å². The molecule has 0 aliphatic heterocycles. The number of nitrogens with zero attached hydrogens (tertiary/aromatic N) is 1. The van der Waals surface area contributed by atoms with Gasteiger partial charge in [-0.15, -0.1) is 0 Å². The quantitative estimate of drug-likeness (QED) is 0.464. The number of nitro groups is 1. The second-order valence-corrected chi connectivity index (χ2v) is 4.42. The summed E-state index contributed by atoms with van der Waals surface area (Å²) in [6.45, 7) is 0. The highest BCUT2D eigenvalue weighted by Crippen LogP contribution is 2.34. The van der Waals surface area contributed by atoms with Gasteiger partial charge in [0.1, 0.15) is 17.4 Å². The second kappa shape index (κ2) is 5.96. The summed E-state index contributed by atoms with van der Waals surface area (Å²) in [7, 11) is 0. The Kier molecular flexibility index (Phi) is 4.29. The number of alkyl halides is 1. The highest BCUT2D eigenvalue weighted by Gasteiger charge is 2.18. The molecular weight excluding hydrogens is 336 g/mol. The third kappa shape index (κ3) is 3.11. The van der Waals surface area contributed by atoms with Gasteiger partial charge < -0.3 is 4.74 Å². The number of hydrogen-bond acceptors (Lipinski definition) is 3. The fourth-order valence-electron chi connectivity index (χ4n) is 1.59. The van der Waals surface area contributed by atoms with Crippen molar-refractivity contribution in [1.82, 2.24) is 0 Å². The van der Waals surface area contributed by atoms with Gasteiger partial charge in [-0.3, -0.25) is 10.1 Å². The molecule has 0 spiro atoms. The molecule has 7 heteroatoms. The summed E-state index contributed by atoms with van der Waals surface area (Å²) in [5.74, 6) is -1.02. The van der Waals surface area contributed by atoms with Crippen molar-refractivity contribution in [1.29, 1.82) is 0 Å². The van der Waals surface area contributed by atoms with Gasteiger partial charge in [-0.05, 0) is 30.3 Å². The lowest BCUT2D eigenvalue weighted by atomic mass is 10.2. The van der Waals surface area contributed by atoms with Crippen molar-refractivity contribution >= 4 is 21.6 Å². The molecule has 0 aliphatic carbocycles. The minimum atomic E-state index is -0.740. The maximum absolute atomic E-state index is 13.1. The molecule has 2 aromatic carbocycles. The van der Waals surface area contributed by atoms with Gasteiger partial charge in [0.2, 0.25) is 5.75 Å². The molecular formula is C13H8BrF2NO3. The molecule has 0 saturated heterocycles. The van der Waals surface area contributed by atoms with Crippen LogP contribution in [-0.2, 0) is 5.33 Å². The summed E-state index contributed by atoms with van der Waals surface area (Å²) >= 11 is 3.17. The Morgan fingerprint density at radius 3 is 2.30 bits per heavy atom. The Labute approximate surface area is 121 Å². The average molecular weight is 344 g/mol. The molecule has 0 radical (unpaired) electrons. The lowest BCUT2D eigenvalue weighted by Gasteiger charge is -2.10. The maximum Gasteiger partial charge on any atom is 0.314 e. The molecule has 0 amide bonds. The molecule has 0 heterocycles. The van der Waals surface area contributed by atoms with E-state index < -0.39 is 22.2 Å². The average Bonchev–Trinajstić information content (AvgIpc) is 2.42. The molecule has 0 bridgehead atoms. The van der Waals surface area contributed by atoms with Crippen molar-refractivity contribution in [2.45, 2.75) is 5.33 Å². The van der Waals surface area contributed by atoms with Gasteiger partial charge in [0.25, 0.3) is 0 Å². The number of nitro benzene ring substituents is 1. The molecule has 0 aromatic heterocycles. The smallest absolute Gasteiger partial charge is 0.314 e. The van der Waals surface area contributed by atoms with Crippen LogP contribution >= 0.6 is 15.9 Å². The summed E-state index contributed by atoms with van der Waals surface area (Å²) in [5, 5.41) is 11.2. The van der Waals surface area contributed by atoms with Gasteiger partial charge in [0.05, 0.1) is 11.0 Å². The third-order valence-corrected chi connectivity index (χ3v) is 3.11. The zero-order chi connectivity index (χ0) is 14.7. The van der Waals surface area contributed by atoms with Crippen molar-refractivity contribution in [3.8, 4) is 11.5 Å². The fourth-order valence-corrected chi connectivity index (χ4v) is 2.03. The summed E-state index contributed by atoms with van der Waals surface area (Å²) < 4.78 is 31.5. The molecule has 0 atom stereocenters. The minimum absolute atomic E-state index is 0.106. The summed E-state index contributed by atoms with van der Waals surface area (Å²) in [5.41, 5.74) is -0.00142. The predicted molar refractivity (Wildman–Crippen MR) is 72.2 cm³/mol. The first-order valence-corrected chi connectivity index (χ1v) is 6.59. The number of rotatable bonds is 4. The first-order valence-electron chi connectivity index (χ1n) is 5.47. The number of benzene rings is 2. The van der Waals surface area contributed by atoms with Gasteiger partial charge in [0.15, 0.2) is 0 Å². The number of ether oxygens (including phenoxy) is 1. The summed E-state index contributed by atoms with van der Waals surface area (Å²) in [4.78, 5) is 10.1. The van der Waals surface area contributed by atoms with E-state index in [1.165, 1.54) is 18.2 Å². The summed E-state index contributed by atoms with van der Waals surface area (Å²) in [6.07, 6.45) is 0. The first-order chi connectivity index (χ1) is 9.51. The Balaban J connectivity index is 2.42. The maximum atomic E-state index is 13.1. The second-order valence-electron chi connectivity index (χ2n) is 3.86. The van der Waals surface area contributed by atoms with E-state index in [2.05, 4.69) is 15.9 Å². The van der Waals surface area contributed by atoms with E-state index >= 15 is 0 Å². The lowest BCUT2D eigenvalue weighted by Crippen LogP contribution is -1.96. The van der Waals surface area contributed by atoms with E-state index in [0.717, 1.165) is 18.2 Å². The Morgan fingerprint density at radius 2 is 1.70 bits per heavy atom. The molecule has 2 aromatic rings. The monoisotopic (exact) mass is 343 g/mol. The van der Waals surface area contributed by atoms with E-state index in [1.807, 2.05) is 0 Å². The van der Waals surface area contributed by atoms with Crippen LogP contribution < -0.4 is 4.74 Å². The zero-order valence-electron chi connectivity index (χ0n) is 9.98. The predicted octanol–water partition coefficient (Wildman–Crippen LogP) is 4.56. The topological polar surface area (TPSA) is 52.4 Å². The van der Waals surface area contributed by atoms with Crippen molar-refractivity contribution in [3.05, 3.63) is 63.7 Å². The normalized spacial score (nSPS) is 10.3.